The van der Waals surface area contributed by atoms with Crippen LogP contribution in [0.2, 0.25) is 0 Å². The van der Waals surface area contributed by atoms with Crippen LogP contribution >= 0.6 is 0 Å². The van der Waals surface area contributed by atoms with E-state index in [1.165, 1.54) is 0 Å². The van der Waals surface area contributed by atoms with Crippen molar-refractivity contribution >= 4 is 5.97 Å². The van der Waals surface area contributed by atoms with Gasteiger partial charge in [0.05, 0.1) is 0 Å². The van der Waals surface area contributed by atoms with Gasteiger partial charge in [-0.2, -0.15) is 18.2 Å². The predicted octanol–water partition coefficient (Wildman–Crippen LogP) is 1.90. The van der Waals surface area contributed by atoms with Crippen molar-refractivity contribution in [2.45, 2.75) is 19.3 Å². The molecule has 1 atom stereocenters. The Kier molecular flexibility index (Phi) is 3.21. The average Bonchev–Trinajstić information content (AvgIpc) is 2.04. The molecule has 71 valence electrons. The molecule has 0 saturated carbocycles. The first-order valence-corrected chi connectivity index (χ1v) is 3.98. The summed E-state index contributed by atoms with van der Waals surface area (Å²) in [6.45, 7) is 2.01. The van der Waals surface area contributed by atoms with E-state index in [1.807, 2.05) is 19.1 Å². The van der Waals surface area contributed by atoms with Gasteiger partial charge in [0, 0.05) is 31.6 Å². The quantitative estimate of drug-likeness (QED) is 0.309. The molecule has 1 heterocycles. The molecule has 1 aliphatic rings. The minimum Gasteiger partial charge on any atom is -0.490 e. The molecule has 2 rings (SSSR count). The number of rotatable bonds is 0. The van der Waals surface area contributed by atoms with Gasteiger partial charge in [0.1, 0.15) is 0 Å². The average molecular weight is 264 g/mol. The van der Waals surface area contributed by atoms with E-state index in [1.54, 1.807) is 6.07 Å². The Labute approximate surface area is 90.0 Å². The van der Waals surface area contributed by atoms with Crippen LogP contribution in [0.5, 0.6) is 5.75 Å². The van der Waals surface area contributed by atoms with Gasteiger partial charge < -0.3 is 4.74 Å². The third-order valence-electron chi connectivity index (χ3n) is 2.04. The van der Waals surface area contributed by atoms with Gasteiger partial charge in [-0.25, -0.2) is 0 Å². The number of carbonyl (C=O) groups excluding carboxylic acids is 1. The summed E-state index contributed by atoms with van der Waals surface area (Å²) in [6, 6.07) is 8.55. The summed E-state index contributed by atoms with van der Waals surface area (Å²) in [5, 5.41) is 0. The van der Waals surface area contributed by atoms with Crippen molar-refractivity contribution < 1.29 is 29.0 Å². The zero-order chi connectivity index (χ0) is 8.55. The van der Waals surface area contributed by atoms with Gasteiger partial charge in [0.2, 0.25) is 0 Å². The molecule has 0 aliphatic carbocycles. The molecule has 0 saturated heterocycles. The van der Waals surface area contributed by atoms with Crippen LogP contribution in [0.15, 0.2) is 18.2 Å². The minimum atomic E-state index is -0.144. The number of ether oxygens (including phenoxy) is 1. The van der Waals surface area contributed by atoms with Crippen molar-refractivity contribution in [2.24, 2.45) is 0 Å². The molecule has 0 fully saturated rings. The molecule has 0 amide bonds. The van der Waals surface area contributed by atoms with Crippen molar-refractivity contribution in [2.75, 3.05) is 0 Å². The molecule has 1 aromatic carbocycles. The van der Waals surface area contributed by atoms with E-state index in [2.05, 4.69) is 6.07 Å². The van der Waals surface area contributed by atoms with Crippen molar-refractivity contribution in [3.8, 4) is 5.75 Å². The molecule has 0 spiro atoms. The summed E-state index contributed by atoms with van der Waals surface area (Å²) in [5.74, 6) is 0.762. The SMILES string of the molecule is C[C@H]1CC(=O)Oc2ccc[c-]c21.[Rh]. The Morgan fingerprint density at radius 3 is 3.15 bits per heavy atom. The first-order chi connectivity index (χ1) is 5.77. The summed E-state index contributed by atoms with van der Waals surface area (Å²) < 4.78 is 5.03. The van der Waals surface area contributed by atoms with E-state index in [9.17, 15) is 4.79 Å². The number of hydrogen-bond acceptors (Lipinski definition) is 2. The van der Waals surface area contributed by atoms with E-state index < -0.39 is 0 Å². The van der Waals surface area contributed by atoms with Crippen LogP contribution in [0.25, 0.3) is 0 Å². The van der Waals surface area contributed by atoms with Gasteiger partial charge in [0.25, 0.3) is 5.97 Å². The smallest absolute Gasteiger partial charge is 0.299 e. The molecule has 0 unspecified atom stereocenters. The molecular formula is C10H9O2Rh-. The topological polar surface area (TPSA) is 26.3 Å². The molecule has 0 bridgehead atoms. The molecule has 1 radical (unpaired) electrons. The van der Waals surface area contributed by atoms with Gasteiger partial charge >= 0.3 is 0 Å². The predicted molar refractivity (Wildman–Crippen MR) is 43.9 cm³/mol. The number of fused-ring (bicyclic) bond motifs is 1. The fourth-order valence-corrected chi connectivity index (χ4v) is 1.42. The van der Waals surface area contributed by atoms with E-state index in [0.29, 0.717) is 12.2 Å². The fourth-order valence-electron chi connectivity index (χ4n) is 1.42. The standard InChI is InChI=1S/C10H9O2.Rh/c1-7-6-10(11)12-9-5-3-2-4-8(7)9;/h2-3,5,7H,6H2,1H3;/q-1;/t7-;/m0./s1. The van der Waals surface area contributed by atoms with Crippen LogP contribution < -0.4 is 4.74 Å². The van der Waals surface area contributed by atoms with Crippen LogP contribution in [0.4, 0.5) is 0 Å². The van der Waals surface area contributed by atoms with Crippen molar-refractivity contribution in [1.82, 2.24) is 0 Å². The molecule has 2 nitrogen and oxygen atoms in total. The number of esters is 1. The molecule has 13 heavy (non-hydrogen) atoms. The second-order valence-corrected chi connectivity index (χ2v) is 3.03. The summed E-state index contributed by atoms with van der Waals surface area (Å²) in [6.07, 6.45) is 0.466. The first-order valence-electron chi connectivity index (χ1n) is 3.98. The summed E-state index contributed by atoms with van der Waals surface area (Å²) in [4.78, 5) is 11.0. The molecule has 0 aromatic heterocycles. The van der Waals surface area contributed by atoms with Gasteiger partial charge in [0.15, 0.2) is 0 Å². The van der Waals surface area contributed by atoms with Crippen LogP contribution in [0.3, 0.4) is 0 Å². The molecule has 1 aromatic rings. The third kappa shape index (κ3) is 1.97. The molecule has 0 N–H and O–H groups in total. The van der Waals surface area contributed by atoms with Gasteiger partial charge in [-0.3, -0.25) is 4.79 Å². The monoisotopic (exact) mass is 264 g/mol. The van der Waals surface area contributed by atoms with Gasteiger partial charge in [-0.05, 0) is 5.92 Å². The largest absolute Gasteiger partial charge is 0.490 e. The zero-order valence-electron chi connectivity index (χ0n) is 7.17. The van der Waals surface area contributed by atoms with Gasteiger partial charge in [-0.15, -0.1) is 11.6 Å². The van der Waals surface area contributed by atoms with Crippen LogP contribution in [0.1, 0.15) is 24.8 Å². The summed E-state index contributed by atoms with van der Waals surface area (Å²) in [5.41, 5.74) is 1.01. The van der Waals surface area contributed by atoms with E-state index in [-0.39, 0.29) is 31.4 Å². The van der Waals surface area contributed by atoms with Crippen LogP contribution in [0, 0.1) is 6.07 Å². The first kappa shape index (κ1) is 10.4. The Balaban J connectivity index is 0.000000845. The minimum absolute atomic E-state index is 0. The Bertz CT molecular complexity index is 322. The number of hydrogen-bond donors (Lipinski definition) is 0. The Morgan fingerprint density at radius 1 is 1.62 bits per heavy atom. The third-order valence-corrected chi connectivity index (χ3v) is 2.04. The zero-order valence-corrected chi connectivity index (χ0v) is 8.81. The van der Waals surface area contributed by atoms with Gasteiger partial charge in [-0.1, -0.05) is 6.92 Å². The Hall–Kier alpha value is -0.687. The van der Waals surface area contributed by atoms with E-state index >= 15 is 0 Å². The maximum Gasteiger partial charge on any atom is 0.299 e. The van der Waals surface area contributed by atoms with E-state index in [0.717, 1.165) is 5.56 Å². The van der Waals surface area contributed by atoms with E-state index in [4.69, 9.17) is 4.74 Å². The Morgan fingerprint density at radius 2 is 2.38 bits per heavy atom. The second-order valence-electron chi connectivity index (χ2n) is 3.03. The number of benzene rings is 1. The summed E-state index contributed by atoms with van der Waals surface area (Å²) in [7, 11) is 0. The van der Waals surface area contributed by atoms with Crippen molar-refractivity contribution in [3.63, 3.8) is 0 Å². The maximum atomic E-state index is 11.0. The van der Waals surface area contributed by atoms with Crippen LogP contribution in [-0.2, 0) is 24.3 Å². The van der Waals surface area contributed by atoms with Crippen LogP contribution in [-0.4, -0.2) is 5.97 Å². The summed E-state index contributed by atoms with van der Waals surface area (Å²) >= 11 is 0. The van der Waals surface area contributed by atoms with Crippen molar-refractivity contribution in [3.05, 3.63) is 29.8 Å². The normalized spacial score (nSPS) is 19.8. The molecule has 3 heteroatoms. The van der Waals surface area contributed by atoms with Crippen molar-refractivity contribution in [1.29, 1.82) is 0 Å². The number of carbonyl (C=O) groups is 1. The second kappa shape index (κ2) is 4.01. The maximum absolute atomic E-state index is 11.0. The fraction of sp³-hybridized carbons (Fsp3) is 0.300. The molecule has 1 aliphatic heterocycles. The molecular weight excluding hydrogens is 255 g/mol.